The zero-order chi connectivity index (χ0) is 16.8. The fourth-order valence-corrected chi connectivity index (χ4v) is 3.19. The van der Waals surface area contributed by atoms with Crippen molar-refractivity contribution >= 4 is 5.91 Å². The van der Waals surface area contributed by atoms with Gasteiger partial charge in [0.1, 0.15) is 11.5 Å². The summed E-state index contributed by atoms with van der Waals surface area (Å²) < 4.78 is 16.6. The summed E-state index contributed by atoms with van der Waals surface area (Å²) >= 11 is 0. The Morgan fingerprint density at radius 3 is 2.83 bits per heavy atom. The number of aryl methyl sites for hydroxylation is 1. The van der Waals surface area contributed by atoms with Gasteiger partial charge < -0.3 is 24.5 Å². The van der Waals surface area contributed by atoms with Crippen LogP contribution in [-0.4, -0.2) is 69.5 Å². The average molecular weight is 337 g/mol. The minimum Gasteiger partial charge on any atom is -0.465 e. The summed E-state index contributed by atoms with van der Waals surface area (Å²) in [4.78, 5) is 14.6. The highest BCUT2D eigenvalue weighted by Crippen LogP contribution is 2.23. The predicted molar refractivity (Wildman–Crippen MR) is 88.8 cm³/mol. The molecule has 2 N–H and O–H groups in total. The number of hydrogen-bond acceptors (Lipinski definition) is 6. The lowest BCUT2D eigenvalue weighted by Crippen LogP contribution is -2.46. The van der Waals surface area contributed by atoms with Crippen LogP contribution in [0.2, 0.25) is 0 Å². The number of hydrogen-bond donors (Lipinski definition) is 2. The standard InChI is InChI=1S/C17H27N3O4/c1-13-2-3-16(24-13)15(20-5-8-22-9-6-20)11-19-17(21)10-14-12-23-7-4-18-14/h2-3,14-15,18H,4-12H2,1H3,(H,19,21). The monoisotopic (exact) mass is 337 g/mol. The lowest BCUT2D eigenvalue weighted by Gasteiger charge is -2.33. The van der Waals surface area contributed by atoms with Crippen molar-refractivity contribution < 1.29 is 18.7 Å². The first-order valence-corrected chi connectivity index (χ1v) is 8.68. The number of ether oxygens (including phenoxy) is 2. The quantitative estimate of drug-likeness (QED) is 0.785. The van der Waals surface area contributed by atoms with E-state index in [1.807, 2.05) is 19.1 Å². The molecular formula is C17H27N3O4. The summed E-state index contributed by atoms with van der Waals surface area (Å²) in [6.07, 6.45) is 0.438. The molecule has 0 saturated carbocycles. The summed E-state index contributed by atoms with van der Waals surface area (Å²) in [6, 6.07) is 4.11. The third-order valence-electron chi connectivity index (χ3n) is 4.50. The molecule has 7 nitrogen and oxygen atoms in total. The van der Waals surface area contributed by atoms with Gasteiger partial charge in [0.2, 0.25) is 5.91 Å². The van der Waals surface area contributed by atoms with E-state index in [1.54, 1.807) is 0 Å². The molecule has 2 aliphatic heterocycles. The first-order valence-electron chi connectivity index (χ1n) is 8.68. The zero-order valence-electron chi connectivity index (χ0n) is 14.3. The van der Waals surface area contributed by atoms with Gasteiger partial charge in [-0.25, -0.2) is 0 Å². The molecule has 2 fully saturated rings. The topological polar surface area (TPSA) is 76.0 Å². The molecule has 7 heteroatoms. The van der Waals surface area contributed by atoms with E-state index in [-0.39, 0.29) is 18.0 Å². The molecule has 0 aromatic carbocycles. The van der Waals surface area contributed by atoms with Gasteiger partial charge in [0, 0.05) is 38.6 Å². The highest BCUT2D eigenvalue weighted by atomic mass is 16.5. The van der Waals surface area contributed by atoms with Crippen molar-refractivity contribution in [2.75, 3.05) is 52.6 Å². The molecule has 1 aromatic rings. The number of amides is 1. The van der Waals surface area contributed by atoms with Gasteiger partial charge in [-0.2, -0.15) is 0 Å². The van der Waals surface area contributed by atoms with Gasteiger partial charge in [-0.15, -0.1) is 0 Å². The van der Waals surface area contributed by atoms with E-state index in [2.05, 4.69) is 15.5 Å². The van der Waals surface area contributed by atoms with Crippen molar-refractivity contribution in [3.63, 3.8) is 0 Å². The van der Waals surface area contributed by atoms with Gasteiger partial charge in [0.25, 0.3) is 0 Å². The average Bonchev–Trinajstić information content (AvgIpc) is 3.03. The van der Waals surface area contributed by atoms with Crippen LogP contribution >= 0.6 is 0 Å². The Labute approximate surface area is 142 Å². The highest BCUT2D eigenvalue weighted by molar-refractivity contribution is 5.76. The van der Waals surface area contributed by atoms with Gasteiger partial charge >= 0.3 is 0 Å². The van der Waals surface area contributed by atoms with E-state index in [9.17, 15) is 4.79 Å². The van der Waals surface area contributed by atoms with Crippen molar-refractivity contribution in [3.05, 3.63) is 23.7 Å². The van der Waals surface area contributed by atoms with Crippen molar-refractivity contribution in [1.29, 1.82) is 0 Å². The van der Waals surface area contributed by atoms with Crippen LogP contribution < -0.4 is 10.6 Å². The maximum absolute atomic E-state index is 12.3. The molecule has 1 aromatic heterocycles. The maximum atomic E-state index is 12.3. The lowest BCUT2D eigenvalue weighted by atomic mass is 10.1. The second-order valence-corrected chi connectivity index (χ2v) is 6.35. The Hall–Kier alpha value is -1.41. The summed E-state index contributed by atoms with van der Waals surface area (Å²) in [6.45, 7) is 7.72. The van der Waals surface area contributed by atoms with Crippen LogP contribution in [0.5, 0.6) is 0 Å². The number of morpholine rings is 2. The van der Waals surface area contributed by atoms with Crippen molar-refractivity contribution in [3.8, 4) is 0 Å². The Morgan fingerprint density at radius 2 is 2.17 bits per heavy atom. The number of nitrogens with one attached hydrogen (secondary N) is 2. The predicted octanol–water partition coefficient (Wildman–Crippen LogP) is 0.456. The fourth-order valence-electron chi connectivity index (χ4n) is 3.19. The molecule has 3 heterocycles. The molecule has 2 aliphatic rings. The third kappa shape index (κ3) is 4.80. The van der Waals surface area contributed by atoms with Gasteiger partial charge in [-0.3, -0.25) is 9.69 Å². The molecular weight excluding hydrogens is 310 g/mol. The molecule has 0 spiro atoms. The van der Waals surface area contributed by atoms with E-state index in [4.69, 9.17) is 13.9 Å². The van der Waals surface area contributed by atoms with Crippen LogP contribution in [-0.2, 0) is 14.3 Å². The number of nitrogens with zero attached hydrogens (tertiary/aromatic N) is 1. The Morgan fingerprint density at radius 1 is 1.33 bits per heavy atom. The molecule has 0 aliphatic carbocycles. The number of carbonyl (C=O) groups excluding carboxylic acids is 1. The second kappa shape index (κ2) is 8.62. The molecule has 1 amide bonds. The van der Waals surface area contributed by atoms with Crippen LogP contribution in [0.25, 0.3) is 0 Å². The van der Waals surface area contributed by atoms with Gasteiger partial charge in [-0.05, 0) is 19.1 Å². The first-order chi connectivity index (χ1) is 11.7. The summed E-state index contributed by atoms with van der Waals surface area (Å²) in [5.74, 6) is 1.83. The van der Waals surface area contributed by atoms with Crippen LogP contribution in [0.1, 0.15) is 24.0 Å². The first kappa shape index (κ1) is 17.4. The van der Waals surface area contributed by atoms with Crippen LogP contribution in [0.4, 0.5) is 0 Å². The van der Waals surface area contributed by atoms with E-state index in [1.165, 1.54) is 0 Å². The fraction of sp³-hybridized carbons (Fsp3) is 0.706. The molecule has 24 heavy (non-hydrogen) atoms. The van der Waals surface area contributed by atoms with Crippen molar-refractivity contribution in [2.24, 2.45) is 0 Å². The molecule has 0 radical (unpaired) electrons. The van der Waals surface area contributed by atoms with E-state index in [0.29, 0.717) is 32.8 Å². The molecule has 2 unspecified atom stereocenters. The van der Waals surface area contributed by atoms with Crippen LogP contribution in [0.3, 0.4) is 0 Å². The SMILES string of the molecule is Cc1ccc(C(CNC(=O)CC2COCCN2)N2CCOCC2)o1. The molecule has 2 saturated heterocycles. The second-order valence-electron chi connectivity index (χ2n) is 6.35. The summed E-state index contributed by atoms with van der Waals surface area (Å²) in [5.41, 5.74) is 0. The van der Waals surface area contributed by atoms with E-state index in [0.717, 1.165) is 37.8 Å². The van der Waals surface area contributed by atoms with Crippen LogP contribution in [0.15, 0.2) is 16.5 Å². The zero-order valence-corrected chi connectivity index (χ0v) is 14.3. The van der Waals surface area contributed by atoms with Gasteiger partial charge in [0.05, 0.1) is 32.5 Å². The Kier molecular flexibility index (Phi) is 6.25. The third-order valence-corrected chi connectivity index (χ3v) is 4.50. The molecule has 3 rings (SSSR count). The Balaban J connectivity index is 1.55. The lowest BCUT2D eigenvalue weighted by molar-refractivity contribution is -0.122. The molecule has 134 valence electrons. The minimum atomic E-state index is 0.0412. The Bertz CT molecular complexity index is 522. The normalized spacial score (nSPS) is 23.8. The van der Waals surface area contributed by atoms with Crippen molar-refractivity contribution in [2.45, 2.75) is 25.4 Å². The number of rotatable bonds is 6. The summed E-state index contributed by atoms with van der Waals surface area (Å²) in [5, 5.41) is 6.36. The van der Waals surface area contributed by atoms with Gasteiger partial charge in [-0.1, -0.05) is 0 Å². The highest BCUT2D eigenvalue weighted by Gasteiger charge is 2.26. The van der Waals surface area contributed by atoms with Crippen molar-refractivity contribution in [1.82, 2.24) is 15.5 Å². The van der Waals surface area contributed by atoms with Gasteiger partial charge in [0.15, 0.2) is 0 Å². The number of furan rings is 1. The summed E-state index contributed by atoms with van der Waals surface area (Å²) in [7, 11) is 0. The molecule has 0 bridgehead atoms. The van der Waals surface area contributed by atoms with E-state index < -0.39 is 0 Å². The largest absolute Gasteiger partial charge is 0.465 e. The van der Waals surface area contributed by atoms with Crippen LogP contribution in [0, 0.1) is 6.92 Å². The smallest absolute Gasteiger partial charge is 0.221 e. The minimum absolute atomic E-state index is 0.0412. The number of carbonyl (C=O) groups is 1. The van der Waals surface area contributed by atoms with E-state index >= 15 is 0 Å². The molecule has 2 atom stereocenters. The maximum Gasteiger partial charge on any atom is 0.221 e.